The first kappa shape index (κ1) is 14.2. The molecule has 0 amide bonds. The number of imidazole rings is 1. The molecule has 112 valence electrons. The summed E-state index contributed by atoms with van der Waals surface area (Å²) >= 11 is 6.26. The first-order valence-electron chi connectivity index (χ1n) is 6.92. The average Bonchev–Trinajstić information content (AvgIpc) is 3.17. The number of methoxy groups -OCH3 is 2. The maximum absolute atomic E-state index is 6.26. The monoisotopic (exact) mass is 307 g/mol. The van der Waals surface area contributed by atoms with E-state index in [2.05, 4.69) is 10.3 Å². The van der Waals surface area contributed by atoms with Gasteiger partial charge in [-0.15, -0.1) is 0 Å². The topological polar surface area (TPSA) is 48.3 Å². The molecule has 1 atom stereocenters. The molecule has 0 bridgehead atoms. The molecule has 0 radical (unpaired) electrons. The molecule has 5 nitrogen and oxygen atoms in total. The molecule has 6 heteroatoms. The van der Waals surface area contributed by atoms with Crippen LogP contribution in [0.4, 0.5) is 0 Å². The summed E-state index contributed by atoms with van der Waals surface area (Å²) in [6, 6.07) is 3.96. The molecular weight excluding hydrogens is 290 g/mol. The van der Waals surface area contributed by atoms with E-state index in [0.717, 1.165) is 24.3 Å². The Labute approximate surface area is 128 Å². The van der Waals surface area contributed by atoms with Crippen LogP contribution in [0.3, 0.4) is 0 Å². The van der Waals surface area contributed by atoms with Gasteiger partial charge in [0.2, 0.25) is 0 Å². The Hall–Kier alpha value is -1.72. The Morgan fingerprint density at radius 1 is 1.29 bits per heavy atom. The maximum atomic E-state index is 6.26. The lowest BCUT2D eigenvalue weighted by Gasteiger charge is -2.17. The van der Waals surface area contributed by atoms with E-state index in [1.54, 1.807) is 26.6 Å². The minimum atomic E-state index is 0.318. The van der Waals surface area contributed by atoms with Gasteiger partial charge in [-0.3, -0.25) is 4.57 Å². The summed E-state index contributed by atoms with van der Waals surface area (Å²) in [5.41, 5.74) is 1.98. The molecule has 1 aliphatic heterocycles. The van der Waals surface area contributed by atoms with Gasteiger partial charge in [-0.25, -0.2) is 4.98 Å². The van der Waals surface area contributed by atoms with Crippen molar-refractivity contribution in [3.05, 3.63) is 35.4 Å². The van der Waals surface area contributed by atoms with Crippen LogP contribution in [-0.2, 0) is 0 Å². The van der Waals surface area contributed by atoms with Crippen LogP contribution in [0.25, 0.3) is 5.69 Å². The predicted octanol–water partition coefficient (Wildman–Crippen LogP) is 2.97. The van der Waals surface area contributed by atoms with Crippen LogP contribution >= 0.6 is 11.6 Å². The molecule has 0 spiro atoms. The van der Waals surface area contributed by atoms with Crippen LogP contribution in [-0.4, -0.2) is 30.3 Å². The number of ether oxygens (including phenoxy) is 2. The molecule has 3 rings (SSSR count). The number of hydrogen-bond acceptors (Lipinski definition) is 4. The van der Waals surface area contributed by atoms with Gasteiger partial charge >= 0.3 is 0 Å². The first-order chi connectivity index (χ1) is 10.2. The average molecular weight is 308 g/mol. The van der Waals surface area contributed by atoms with E-state index in [0.29, 0.717) is 22.6 Å². The highest BCUT2D eigenvalue weighted by atomic mass is 35.5. The van der Waals surface area contributed by atoms with Crippen LogP contribution in [0.15, 0.2) is 24.7 Å². The van der Waals surface area contributed by atoms with Gasteiger partial charge in [0.1, 0.15) is 11.5 Å². The fraction of sp³-hybridized carbons (Fsp3) is 0.400. The van der Waals surface area contributed by atoms with Gasteiger partial charge in [0.25, 0.3) is 0 Å². The van der Waals surface area contributed by atoms with Crippen molar-refractivity contribution in [2.75, 3.05) is 20.8 Å². The summed E-state index contributed by atoms with van der Waals surface area (Å²) in [5, 5.41) is 4.03. The van der Waals surface area contributed by atoms with Gasteiger partial charge in [0.15, 0.2) is 0 Å². The predicted molar refractivity (Wildman–Crippen MR) is 81.7 cm³/mol. The third-order valence-corrected chi connectivity index (χ3v) is 4.09. The number of rotatable bonds is 4. The zero-order valence-electron chi connectivity index (χ0n) is 12.1. The number of hydrogen-bond donors (Lipinski definition) is 1. The highest BCUT2D eigenvalue weighted by molar-refractivity contribution is 6.32. The van der Waals surface area contributed by atoms with E-state index in [1.807, 2.05) is 16.8 Å². The van der Waals surface area contributed by atoms with Crippen LogP contribution in [0.1, 0.15) is 24.6 Å². The molecule has 1 aromatic carbocycles. The van der Waals surface area contributed by atoms with Crippen molar-refractivity contribution in [1.29, 1.82) is 0 Å². The third-order valence-electron chi connectivity index (χ3n) is 3.80. The lowest BCUT2D eigenvalue weighted by atomic mass is 10.1. The molecule has 21 heavy (non-hydrogen) atoms. The van der Waals surface area contributed by atoms with Gasteiger partial charge in [-0.05, 0) is 25.5 Å². The molecule has 2 heterocycles. The number of aromatic nitrogens is 2. The number of nitrogens with one attached hydrogen (secondary N) is 1. The van der Waals surface area contributed by atoms with Gasteiger partial charge in [0, 0.05) is 12.1 Å². The normalized spacial score (nSPS) is 18.0. The maximum Gasteiger partial charge on any atom is 0.146 e. The Morgan fingerprint density at radius 2 is 2.10 bits per heavy atom. The van der Waals surface area contributed by atoms with Crippen molar-refractivity contribution in [2.24, 2.45) is 0 Å². The molecule has 0 aliphatic carbocycles. The number of halogens is 1. The Kier molecular flexibility index (Phi) is 4.03. The molecule has 1 fully saturated rings. The number of nitrogens with zero attached hydrogens (tertiary/aromatic N) is 2. The Balaban J connectivity index is 2.08. The van der Waals surface area contributed by atoms with Crippen molar-refractivity contribution in [2.45, 2.75) is 18.9 Å². The highest BCUT2D eigenvalue weighted by Crippen LogP contribution is 2.36. The second-order valence-corrected chi connectivity index (χ2v) is 5.40. The highest BCUT2D eigenvalue weighted by Gasteiger charge is 2.22. The van der Waals surface area contributed by atoms with Crippen molar-refractivity contribution in [3.63, 3.8) is 0 Å². The fourth-order valence-corrected chi connectivity index (χ4v) is 2.97. The quantitative estimate of drug-likeness (QED) is 0.943. The van der Waals surface area contributed by atoms with Crippen molar-refractivity contribution >= 4 is 11.6 Å². The van der Waals surface area contributed by atoms with Gasteiger partial charge < -0.3 is 14.8 Å². The van der Waals surface area contributed by atoms with Crippen LogP contribution in [0.5, 0.6) is 11.5 Å². The summed E-state index contributed by atoms with van der Waals surface area (Å²) in [5.74, 6) is 1.30. The molecule has 2 aromatic rings. The summed E-state index contributed by atoms with van der Waals surface area (Å²) in [4.78, 5) is 4.28. The Bertz CT molecular complexity index is 636. The molecule has 1 aliphatic rings. The fourth-order valence-electron chi connectivity index (χ4n) is 2.73. The summed E-state index contributed by atoms with van der Waals surface area (Å²) in [6.07, 6.45) is 5.96. The second-order valence-electron chi connectivity index (χ2n) is 5.00. The van der Waals surface area contributed by atoms with E-state index in [4.69, 9.17) is 21.1 Å². The smallest absolute Gasteiger partial charge is 0.146 e. The standard InChI is InChI=1S/C15H18ClN3O2/c1-20-14-7-15(21-2)12(6-10(14)16)19-9-17-8-13(19)11-4-3-5-18-11/h6-9,11,18H,3-5H2,1-2H3/t11-/m0/s1. The molecular formula is C15H18ClN3O2. The molecule has 1 saturated heterocycles. The van der Waals surface area contributed by atoms with Crippen molar-refractivity contribution in [3.8, 4) is 17.2 Å². The first-order valence-corrected chi connectivity index (χ1v) is 7.30. The zero-order valence-corrected chi connectivity index (χ0v) is 12.9. The van der Waals surface area contributed by atoms with E-state index >= 15 is 0 Å². The van der Waals surface area contributed by atoms with Gasteiger partial charge in [-0.2, -0.15) is 0 Å². The summed E-state index contributed by atoms with van der Waals surface area (Å²) in [6.45, 7) is 1.04. The van der Waals surface area contributed by atoms with Gasteiger partial charge in [0.05, 0.1) is 43.1 Å². The van der Waals surface area contributed by atoms with Crippen LogP contribution in [0.2, 0.25) is 5.02 Å². The molecule has 1 aromatic heterocycles. The largest absolute Gasteiger partial charge is 0.495 e. The minimum absolute atomic E-state index is 0.318. The molecule has 0 unspecified atom stereocenters. The lowest BCUT2D eigenvalue weighted by Crippen LogP contribution is -2.16. The minimum Gasteiger partial charge on any atom is -0.495 e. The molecule has 1 N–H and O–H groups in total. The van der Waals surface area contributed by atoms with Crippen LogP contribution < -0.4 is 14.8 Å². The van der Waals surface area contributed by atoms with Gasteiger partial charge in [-0.1, -0.05) is 11.6 Å². The SMILES string of the molecule is COc1cc(OC)c(-n2cncc2[C@@H]2CCCN2)cc1Cl. The van der Waals surface area contributed by atoms with E-state index in [9.17, 15) is 0 Å². The second kappa shape index (κ2) is 5.95. The summed E-state index contributed by atoms with van der Waals surface area (Å²) < 4.78 is 12.7. The third kappa shape index (κ3) is 2.59. The van der Waals surface area contributed by atoms with E-state index in [-0.39, 0.29) is 0 Å². The van der Waals surface area contributed by atoms with Crippen LogP contribution in [0, 0.1) is 0 Å². The van der Waals surface area contributed by atoms with E-state index < -0.39 is 0 Å². The zero-order chi connectivity index (χ0) is 14.8. The molecule has 0 saturated carbocycles. The summed E-state index contributed by atoms with van der Waals surface area (Å²) in [7, 11) is 3.22. The number of benzene rings is 1. The van der Waals surface area contributed by atoms with E-state index in [1.165, 1.54) is 6.42 Å². The van der Waals surface area contributed by atoms with Crippen molar-refractivity contribution < 1.29 is 9.47 Å². The van der Waals surface area contributed by atoms with Crippen molar-refractivity contribution in [1.82, 2.24) is 14.9 Å². The Morgan fingerprint density at radius 3 is 2.76 bits per heavy atom. The lowest BCUT2D eigenvalue weighted by molar-refractivity contribution is 0.393.